The summed E-state index contributed by atoms with van der Waals surface area (Å²) in [5.41, 5.74) is 2.67. The van der Waals surface area contributed by atoms with Crippen LogP contribution >= 0.6 is 0 Å². The fourth-order valence-electron chi connectivity index (χ4n) is 5.10. The summed E-state index contributed by atoms with van der Waals surface area (Å²) in [6.45, 7) is 4.68. The Balaban J connectivity index is 1.38. The lowest BCUT2D eigenvalue weighted by atomic mass is 9.88. The van der Waals surface area contributed by atoms with E-state index in [-0.39, 0.29) is 23.6 Å². The van der Waals surface area contributed by atoms with Gasteiger partial charge in [0.2, 0.25) is 11.8 Å². The second kappa shape index (κ2) is 11.3. The minimum Gasteiger partial charge on any atom is -0.343 e. The second-order valence-corrected chi connectivity index (χ2v) is 9.50. The van der Waals surface area contributed by atoms with E-state index in [1.165, 1.54) is 5.56 Å². The quantitative estimate of drug-likeness (QED) is 0.685. The van der Waals surface area contributed by atoms with Crippen molar-refractivity contribution in [3.63, 3.8) is 0 Å². The minimum atomic E-state index is -0.549. The van der Waals surface area contributed by atoms with Crippen LogP contribution in [0.4, 0.5) is 0 Å². The summed E-state index contributed by atoms with van der Waals surface area (Å²) in [4.78, 5) is 43.1. The van der Waals surface area contributed by atoms with Crippen LogP contribution in [0, 0.1) is 12.8 Å². The molecule has 2 aromatic carbocycles. The fraction of sp³-hybridized carbons (Fsp3) is 0.464. The summed E-state index contributed by atoms with van der Waals surface area (Å²) in [7, 11) is 0. The zero-order valence-corrected chi connectivity index (χ0v) is 20.0. The summed E-state index contributed by atoms with van der Waals surface area (Å²) in [6.07, 6.45) is 4.69. The molecule has 2 saturated heterocycles. The lowest BCUT2D eigenvalue weighted by molar-refractivity contribution is -0.135. The highest BCUT2D eigenvalue weighted by atomic mass is 16.2. The molecule has 2 heterocycles. The van der Waals surface area contributed by atoms with Crippen molar-refractivity contribution in [1.29, 1.82) is 0 Å². The van der Waals surface area contributed by atoms with Crippen molar-refractivity contribution < 1.29 is 14.4 Å². The molecule has 34 heavy (non-hydrogen) atoms. The first-order valence-electron chi connectivity index (χ1n) is 12.5. The molecule has 4 rings (SSSR count). The molecule has 0 aromatic heterocycles. The number of hydrogen-bond acceptors (Lipinski definition) is 3. The Bertz CT molecular complexity index is 993. The molecule has 6 nitrogen and oxygen atoms in total. The van der Waals surface area contributed by atoms with Crippen LogP contribution in [-0.4, -0.2) is 59.7 Å². The normalized spacial score (nSPS) is 17.4. The number of benzene rings is 2. The predicted molar refractivity (Wildman–Crippen MR) is 132 cm³/mol. The highest BCUT2D eigenvalue weighted by Gasteiger charge is 2.36. The van der Waals surface area contributed by atoms with E-state index in [0.29, 0.717) is 25.1 Å². The summed E-state index contributed by atoms with van der Waals surface area (Å²) in [5, 5.41) is 3.08. The number of carbonyl (C=O) groups is 3. The van der Waals surface area contributed by atoms with Crippen LogP contribution < -0.4 is 5.32 Å². The van der Waals surface area contributed by atoms with Gasteiger partial charge in [0, 0.05) is 38.2 Å². The van der Waals surface area contributed by atoms with Gasteiger partial charge in [-0.1, -0.05) is 48.5 Å². The molecule has 2 fully saturated rings. The van der Waals surface area contributed by atoms with Crippen molar-refractivity contribution in [3.8, 4) is 0 Å². The van der Waals surface area contributed by atoms with Crippen molar-refractivity contribution in [2.45, 2.75) is 51.5 Å². The molecule has 1 N–H and O–H groups in total. The van der Waals surface area contributed by atoms with E-state index in [2.05, 4.69) is 5.32 Å². The average Bonchev–Trinajstić information content (AvgIpc) is 3.41. The monoisotopic (exact) mass is 461 g/mol. The van der Waals surface area contributed by atoms with Gasteiger partial charge in [0.25, 0.3) is 5.91 Å². The molecular formula is C28H35N3O3. The molecular weight excluding hydrogens is 426 g/mol. The van der Waals surface area contributed by atoms with Crippen molar-refractivity contribution in [2.75, 3.05) is 26.2 Å². The standard InChI is InChI=1S/C28H35N3O3/c1-21-9-5-6-12-24(21)27(33)29-26(28(34)31-17-7-8-18-31)23-15-19-30(20-16-23)25(32)14-13-22-10-3-2-4-11-22/h2-6,9-12,23,26H,7-8,13-20H2,1H3,(H,29,33)/t26-/m1/s1. The molecule has 180 valence electrons. The molecule has 0 bridgehead atoms. The third-order valence-electron chi connectivity index (χ3n) is 7.19. The molecule has 3 amide bonds. The number of aryl methyl sites for hydroxylation is 2. The van der Waals surface area contributed by atoms with Gasteiger partial charge in [-0.05, 0) is 62.1 Å². The number of amides is 3. The molecule has 0 unspecified atom stereocenters. The van der Waals surface area contributed by atoms with Crippen LogP contribution in [0.2, 0.25) is 0 Å². The Morgan fingerprint density at radius 2 is 1.53 bits per heavy atom. The first kappa shape index (κ1) is 24.0. The number of nitrogens with one attached hydrogen (secondary N) is 1. The highest BCUT2D eigenvalue weighted by Crippen LogP contribution is 2.25. The van der Waals surface area contributed by atoms with Crippen molar-refractivity contribution >= 4 is 17.7 Å². The molecule has 0 radical (unpaired) electrons. The molecule has 6 heteroatoms. The van der Waals surface area contributed by atoms with Crippen molar-refractivity contribution in [3.05, 3.63) is 71.3 Å². The van der Waals surface area contributed by atoms with E-state index in [0.717, 1.165) is 50.8 Å². The van der Waals surface area contributed by atoms with Gasteiger partial charge in [-0.15, -0.1) is 0 Å². The van der Waals surface area contributed by atoms with Gasteiger partial charge >= 0.3 is 0 Å². The zero-order valence-electron chi connectivity index (χ0n) is 20.0. The Morgan fingerprint density at radius 3 is 2.21 bits per heavy atom. The summed E-state index contributed by atoms with van der Waals surface area (Å²) in [5.74, 6) is 0.0122. The van der Waals surface area contributed by atoms with Crippen LogP contribution in [0.5, 0.6) is 0 Å². The van der Waals surface area contributed by atoms with Gasteiger partial charge < -0.3 is 15.1 Å². The number of carbonyl (C=O) groups excluding carboxylic acids is 3. The number of likely N-dealkylation sites (tertiary alicyclic amines) is 2. The van der Waals surface area contributed by atoms with E-state index >= 15 is 0 Å². The topological polar surface area (TPSA) is 69.7 Å². The lowest BCUT2D eigenvalue weighted by Crippen LogP contribution is -2.54. The van der Waals surface area contributed by atoms with Gasteiger partial charge in [-0.2, -0.15) is 0 Å². The van der Waals surface area contributed by atoms with E-state index in [4.69, 9.17) is 0 Å². The van der Waals surface area contributed by atoms with Crippen LogP contribution in [0.25, 0.3) is 0 Å². The first-order chi connectivity index (χ1) is 16.5. The Hall–Kier alpha value is -3.15. The minimum absolute atomic E-state index is 0.0216. The average molecular weight is 462 g/mol. The molecule has 0 spiro atoms. The number of nitrogens with zero attached hydrogens (tertiary/aromatic N) is 2. The van der Waals surface area contributed by atoms with E-state index in [1.807, 2.05) is 65.3 Å². The number of hydrogen-bond donors (Lipinski definition) is 1. The molecule has 1 atom stereocenters. The summed E-state index contributed by atoms with van der Waals surface area (Å²) in [6, 6.07) is 17.0. The van der Waals surface area contributed by atoms with Crippen LogP contribution in [0.15, 0.2) is 54.6 Å². The van der Waals surface area contributed by atoms with E-state index < -0.39 is 6.04 Å². The van der Waals surface area contributed by atoms with E-state index in [1.54, 1.807) is 6.07 Å². The maximum Gasteiger partial charge on any atom is 0.252 e. The summed E-state index contributed by atoms with van der Waals surface area (Å²) >= 11 is 0. The van der Waals surface area contributed by atoms with Crippen LogP contribution in [0.1, 0.15) is 53.6 Å². The van der Waals surface area contributed by atoms with Crippen molar-refractivity contribution in [2.24, 2.45) is 5.92 Å². The molecule has 0 saturated carbocycles. The Kier molecular flexibility index (Phi) is 7.99. The van der Waals surface area contributed by atoms with Crippen LogP contribution in [0.3, 0.4) is 0 Å². The number of rotatable bonds is 7. The molecule has 2 aliphatic heterocycles. The highest BCUT2D eigenvalue weighted by molar-refractivity contribution is 5.98. The maximum atomic E-state index is 13.4. The Labute approximate surface area is 202 Å². The lowest BCUT2D eigenvalue weighted by Gasteiger charge is -2.37. The molecule has 2 aliphatic rings. The van der Waals surface area contributed by atoms with Gasteiger partial charge in [-0.3, -0.25) is 14.4 Å². The largest absolute Gasteiger partial charge is 0.343 e. The third-order valence-corrected chi connectivity index (χ3v) is 7.19. The smallest absolute Gasteiger partial charge is 0.252 e. The molecule has 0 aliphatic carbocycles. The Morgan fingerprint density at radius 1 is 0.882 bits per heavy atom. The predicted octanol–water partition coefficient (Wildman–Crippen LogP) is 3.59. The van der Waals surface area contributed by atoms with Crippen LogP contribution in [-0.2, 0) is 16.0 Å². The summed E-state index contributed by atoms with van der Waals surface area (Å²) < 4.78 is 0. The van der Waals surface area contributed by atoms with Gasteiger partial charge in [0.1, 0.15) is 6.04 Å². The maximum absolute atomic E-state index is 13.4. The molecule has 2 aromatic rings. The second-order valence-electron chi connectivity index (χ2n) is 9.50. The van der Waals surface area contributed by atoms with Gasteiger partial charge in [0.15, 0.2) is 0 Å². The van der Waals surface area contributed by atoms with Crippen molar-refractivity contribution in [1.82, 2.24) is 15.1 Å². The third kappa shape index (κ3) is 5.85. The first-order valence-corrected chi connectivity index (χ1v) is 12.5. The fourth-order valence-corrected chi connectivity index (χ4v) is 5.10. The number of piperidine rings is 1. The zero-order chi connectivity index (χ0) is 23.9. The van der Waals surface area contributed by atoms with Gasteiger partial charge in [0.05, 0.1) is 0 Å². The van der Waals surface area contributed by atoms with E-state index in [9.17, 15) is 14.4 Å². The SMILES string of the molecule is Cc1ccccc1C(=O)N[C@@H](C(=O)N1CCCC1)C1CCN(C(=O)CCc2ccccc2)CC1. The van der Waals surface area contributed by atoms with Gasteiger partial charge in [-0.25, -0.2) is 0 Å².